The molecule has 0 saturated carbocycles. The summed E-state index contributed by atoms with van der Waals surface area (Å²) in [4.78, 5) is 0. The van der Waals surface area contributed by atoms with Crippen LogP contribution in [0, 0.1) is 0 Å². The van der Waals surface area contributed by atoms with E-state index in [9.17, 15) is 0 Å². The van der Waals surface area contributed by atoms with E-state index in [0.717, 1.165) is 16.8 Å². The molecule has 2 aromatic rings. The van der Waals surface area contributed by atoms with Gasteiger partial charge in [-0.3, -0.25) is 0 Å². The summed E-state index contributed by atoms with van der Waals surface area (Å²) in [5.41, 5.74) is 8.27. The molecule has 3 N–H and O–H groups in total. The van der Waals surface area contributed by atoms with Crippen molar-refractivity contribution < 1.29 is 0 Å². The number of nitrogens with two attached hydrogens (primary N) is 1. The van der Waals surface area contributed by atoms with Crippen molar-refractivity contribution in [3.8, 4) is 11.1 Å². The minimum absolute atomic E-state index is 0.237. The van der Waals surface area contributed by atoms with Crippen molar-refractivity contribution in [1.29, 1.82) is 0 Å². The maximum absolute atomic E-state index is 6.00. The van der Waals surface area contributed by atoms with Crippen molar-refractivity contribution in [2.75, 3.05) is 5.32 Å². The summed E-state index contributed by atoms with van der Waals surface area (Å²) in [6.07, 6.45) is 0. The third kappa shape index (κ3) is 3.13. The van der Waals surface area contributed by atoms with Gasteiger partial charge in [-0.05, 0) is 47.6 Å². The van der Waals surface area contributed by atoms with Crippen molar-refractivity contribution in [2.24, 2.45) is 5.73 Å². The highest BCUT2D eigenvalue weighted by Crippen LogP contribution is 2.29. The van der Waals surface area contributed by atoms with Crippen LogP contribution < -0.4 is 11.1 Å². The smallest absolute Gasteiger partial charge is 0.168 e. The SMILES string of the molecule is NC(=S)Nc1cccc(-c2ccc(Cl)c(Cl)c2)c1. The Labute approximate surface area is 121 Å². The molecule has 0 heterocycles. The van der Waals surface area contributed by atoms with Gasteiger partial charge in [0, 0.05) is 5.69 Å². The first-order chi connectivity index (χ1) is 8.56. The predicted molar refractivity (Wildman–Crippen MR) is 82.3 cm³/mol. The second-order valence-corrected chi connectivity index (χ2v) is 4.95. The Morgan fingerprint density at radius 1 is 1.00 bits per heavy atom. The fourth-order valence-electron chi connectivity index (χ4n) is 1.59. The Morgan fingerprint density at radius 2 is 1.72 bits per heavy atom. The first kappa shape index (κ1) is 13.1. The fourth-order valence-corrected chi connectivity index (χ4v) is 2.01. The van der Waals surface area contributed by atoms with Gasteiger partial charge in [0.25, 0.3) is 0 Å². The number of thiocarbonyl (C=S) groups is 1. The lowest BCUT2D eigenvalue weighted by Gasteiger charge is -2.07. The van der Waals surface area contributed by atoms with E-state index in [1.165, 1.54) is 0 Å². The van der Waals surface area contributed by atoms with Gasteiger partial charge < -0.3 is 11.1 Å². The summed E-state index contributed by atoms with van der Waals surface area (Å²) in [6, 6.07) is 13.2. The molecule has 0 radical (unpaired) electrons. The number of anilines is 1. The largest absolute Gasteiger partial charge is 0.376 e. The summed E-state index contributed by atoms with van der Waals surface area (Å²) in [5.74, 6) is 0. The predicted octanol–water partition coefficient (Wildman–Crippen LogP) is 4.32. The molecule has 0 aliphatic rings. The van der Waals surface area contributed by atoms with Crippen LogP contribution in [-0.4, -0.2) is 5.11 Å². The summed E-state index contributed by atoms with van der Waals surface area (Å²) >= 11 is 16.7. The van der Waals surface area contributed by atoms with Gasteiger partial charge in [0.1, 0.15) is 0 Å². The van der Waals surface area contributed by atoms with Crippen molar-refractivity contribution >= 4 is 46.2 Å². The van der Waals surface area contributed by atoms with Crippen molar-refractivity contribution in [3.05, 3.63) is 52.5 Å². The van der Waals surface area contributed by atoms with Crippen LogP contribution in [0.1, 0.15) is 0 Å². The van der Waals surface area contributed by atoms with Gasteiger partial charge in [-0.2, -0.15) is 0 Å². The summed E-state index contributed by atoms with van der Waals surface area (Å²) in [6.45, 7) is 0. The van der Waals surface area contributed by atoms with Crippen LogP contribution in [0.3, 0.4) is 0 Å². The molecule has 0 atom stereocenters. The fraction of sp³-hybridized carbons (Fsp3) is 0. The van der Waals surface area contributed by atoms with Gasteiger partial charge in [0.15, 0.2) is 5.11 Å². The molecule has 0 aromatic heterocycles. The Bertz CT molecular complexity index is 599. The number of hydrogen-bond donors (Lipinski definition) is 2. The summed E-state index contributed by atoms with van der Waals surface area (Å²) < 4.78 is 0. The molecule has 18 heavy (non-hydrogen) atoms. The zero-order chi connectivity index (χ0) is 13.1. The maximum Gasteiger partial charge on any atom is 0.168 e. The highest BCUT2D eigenvalue weighted by atomic mass is 35.5. The molecule has 2 aromatic carbocycles. The van der Waals surface area contributed by atoms with E-state index in [4.69, 9.17) is 41.2 Å². The van der Waals surface area contributed by atoms with E-state index in [-0.39, 0.29) is 5.11 Å². The molecular formula is C13H10Cl2N2S. The molecule has 0 spiro atoms. The molecule has 0 unspecified atom stereocenters. The molecule has 0 aliphatic heterocycles. The minimum atomic E-state index is 0.237. The lowest BCUT2D eigenvalue weighted by atomic mass is 10.1. The zero-order valence-electron chi connectivity index (χ0n) is 9.28. The summed E-state index contributed by atoms with van der Waals surface area (Å²) in [5, 5.41) is 4.20. The molecule has 0 saturated heterocycles. The summed E-state index contributed by atoms with van der Waals surface area (Å²) in [7, 11) is 0. The number of nitrogens with one attached hydrogen (secondary N) is 1. The van der Waals surface area contributed by atoms with Crippen molar-refractivity contribution in [2.45, 2.75) is 0 Å². The third-order valence-corrected chi connectivity index (χ3v) is 3.22. The normalized spacial score (nSPS) is 10.1. The first-order valence-corrected chi connectivity index (χ1v) is 6.34. The Kier molecular flexibility index (Phi) is 4.07. The molecule has 0 fully saturated rings. The lowest BCUT2D eigenvalue weighted by molar-refractivity contribution is 1.58. The molecule has 5 heteroatoms. The topological polar surface area (TPSA) is 38.0 Å². The van der Waals surface area contributed by atoms with Gasteiger partial charge in [-0.1, -0.05) is 41.4 Å². The molecule has 2 nitrogen and oxygen atoms in total. The van der Waals surface area contributed by atoms with Crippen LogP contribution in [0.25, 0.3) is 11.1 Å². The molecule has 0 amide bonds. The maximum atomic E-state index is 6.00. The van der Waals surface area contributed by atoms with Gasteiger partial charge >= 0.3 is 0 Å². The van der Waals surface area contributed by atoms with E-state index in [1.807, 2.05) is 36.4 Å². The van der Waals surface area contributed by atoms with Crippen LogP contribution in [0.15, 0.2) is 42.5 Å². The number of benzene rings is 2. The molecule has 92 valence electrons. The van der Waals surface area contributed by atoms with Crippen LogP contribution in [0.5, 0.6) is 0 Å². The van der Waals surface area contributed by atoms with E-state index in [1.54, 1.807) is 6.07 Å². The highest BCUT2D eigenvalue weighted by molar-refractivity contribution is 7.80. The number of hydrogen-bond acceptors (Lipinski definition) is 1. The van der Waals surface area contributed by atoms with Crippen LogP contribution >= 0.6 is 35.4 Å². The van der Waals surface area contributed by atoms with E-state index >= 15 is 0 Å². The third-order valence-electron chi connectivity index (χ3n) is 2.38. The Morgan fingerprint density at radius 3 is 2.39 bits per heavy atom. The first-order valence-electron chi connectivity index (χ1n) is 5.18. The monoisotopic (exact) mass is 296 g/mol. The number of rotatable bonds is 2. The van der Waals surface area contributed by atoms with E-state index < -0.39 is 0 Å². The second-order valence-electron chi connectivity index (χ2n) is 3.70. The van der Waals surface area contributed by atoms with E-state index in [2.05, 4.69) is 5.32 Å². The molecule has 2 rings (SSSR count). The zero-order valence-corrected chi connectivity index (χ0v) is 11.6. The quantitative estimate of drug-likeness (QED) is 0.811. The van der Waals surface area contributed by atoms with Gasteiger partial charge in [-0.25, -0.2) is 0 Å². The average molecular weight is 297 g/mol. The second kappa shape index (κ2) is 5.57. The van der Waals surface area contributed by atoms with Crippen molar-refractivity contribution in [1.82, 2.24) is 0 Å². The number of halogens is 2. The van der Waals surface area contributed by atoms with Gasteiger partial charge in [0.05, 0.1) is 10.0 Å². The minimum Gasteiger partial charge on any atom is -0.376 e. The molecular weight excluding hydrogens is 287 g/mol. The van der Waals surface area contributed by atoms with Crippen LogP contribution in [0.4, 0.5) is 5.69 Å². The van der Waals surface area contributed by atoms with Crippen molar-refractivity contribution in [3.63, 3.8) is 0 Å². The lowest BCUT2D eigenvalue weighted by Crippen LogP contribution is -2.18. The van der Waals surface area contributed by atoms with Crippen LogP contribution in [0.2, 0.25) is 10.0 Å². The highest BCUT2D eigenvalue weighted by Gasteiger charge is 2.03. The standard InChI is InChI=1S/C13H10Cl2N2S/c14-11-5-4-9(7-12(11)15)8-2-1-3-10(6-8)17-13(16)18/h1-7H,(H3,16,17,18). The molecule has 0 bridgehead atoms. The average Bonchev–Trinajstić information content (AvgIpc) is 2.32. The molecule has 0 aliphatic carbocycles. The Balaban J connectivity index is 2.38. The van der Waals surface area contributed by atoms with Gasteiger partial charge in [0.2, 0.25) is 0 Å². The van der Waals surface area contributed by atoms with Crippen LogP contribution in [-0.2, 0) is 0 Å². The van der Waals surface area contributed by atoms with E-state index in [0.29, 0.717) is 10.0 Å². The Hall–Kier alpha value is -1.29. The van der Waals surface area contributed by atoms with Gasteiger partial charge in [-0.15, -0.1) is 0 Å².